The molecular formula is C23H16F3N5O7. The number of ether oxygens (including phenoxy) is 1. The van der Waals surface area contributed by atoms with Crippen LogP contribution in [0, 0.1) is 0 Å². The summed E-state index contributed by atoms with van der Waals surface area (Å²) in [6.07, 6.45) is -3.31. The van der Waals surface area contributed by atoms with E-state index in [1.807, 2.05) is 0 Å². The van der Waals surface area contributed by atoms with E-state index in [2.05, 4.69) is 20.6 Å². The second-order valence-electron chi connectivity index (χ2n) is 7.80. The van der Waals surface area contributed by atoms with Crippen LogP contribution in [0.5, 0.6) is 0 Å². The zero-order valence-electron chi connectivity index (χ0n) is 18.9. The predicted octanol–water partition coefficient (Wildman–Crippen LogP) is 3.49. The summed E-state index contributed by atoms with van der Waals surface area (Å²) >= 11 is 0. The van der Waals surface area contributed by atoms with E-state index in [0.717, 1.165) is 17.0 Å². The first kappa shape index (κ1) is 25.9. The number of aliphatic carboxylic acids is 1. The summed E-state index contributed by atoms with van der Waals surface area (Å²) in [7, 11) is 0. The number of hydrogen-bond acceptors (Lipinski definition) is 8. The Bertz CT molecular complexity index is 1470. The Balaban J connectivity index is 1.55. The van der Waals surface area contributed by atoms with Gasteiger partial charge in [-0.15, -0.1) is 0 Å². The molecule has 1 atom stereocenters. The molecule has 0 radical (unpaired) electrons. The van der Waals surface area contributed by atoms with Crippen molar-refractivity contribution in [2.45, 2.75) is 18.8 Å². The van der Waals surface area contributed by atoms with E-state index in [1.165, 1.54) is 30.5 Å². The molecule has 38 heavy (non-hydrogen) atoms. The molecule has 1 aliphatic rings. The molecule has 1 aliphatic heterocycles. The van der Waals surface area contributed by atoms with Gasteiger partial charge in [-0.25, -0.2) is 24.4 Å². The van der Waals surface area contributed by atoms with Gasteiger partial charge in [0.2, 0.25) is 0 Å². The van der Waals surface area contributed by atoms with Crippen LogP contribution in [-0.2, 0) is 27.1 Å². The van der Waals surface area contributed by atoms with Crippen LogP contribution in [0.3, 0.4) is 0 Å². The summed E-state index contributed by atoms with van der Waals surface area (Å²) in [5, 5.41) is 23.0. The number of halogens is 3. The van der Waals surface area contributed by atoms with Crippen molar-refractivity contribution in [3.63, 3.8) is 0 Å². The zero-order valence-corrected chi connectivity index (χ0v) is 18.9. The number of aromatic nitrogens is 2. The predicted molar refractivity (Wildman–Crippen MR) is 124 cm³/mol. The van der Waals surface area contributed by atoms with Gasteiger partial charge < -0.3 is 29.6 Å². The van der Waals surface area contributed by atoms with Gasteiger partial charge in [0, 0.05) is 11.9 Å². The molecule has 2 heterocycles. The molecule has 12 nitrogen and oxygen atoms in total. The van der Waals surface area contributed by atoms with Crippen molar-refractivity contribution in [2.24, 2.45) is 4.99 Å². The number of carbonyl (C=O) groups excluding carboxylic acids is 2. The summed E-state index contributed by atoms with van der Waals surface area (Å²) in [5.41, 5.74) is -2.10. The van der Waals surface area contributed by atoms with Crippen molar-refractivity contribution in [3.05, 3.63) is 65.7 Å². The number of anilines is 2. The van der Waals surface area contributed by atoms with Crippen LogP contribution in [0.15, 0.2) is 53.9 Å². The molecule has 1 aromatic heterocycles. The second-order valence-corrected chi connectivity index (χ2v) is 7.80. The molecule has 2 aromatic carbocycles. The third kappa shape index (κ3) is 5.45. The number of aliphatic imine (C=N–C) groups is 1. The Morgan fingerprint density at radius 1 is 1.13 bits per heavy atom. The quantitative estimate of drug-likeness (QED) is 0.333. The number of imidazole rings is 1. The molecule has 4 N–H and O–H groups in total. The number of alkyl halides is 3. The largest absolute Gasteiger partial charge is 0.478 e. The highest BCUT2D eigenvalue weighted by Crippen LogP contribution is 2.41. The number of carboxylic acids is 2. The first-order valence-corrected chi connectivity index (χ1v) is 10.6. The van der Waals surface area contributed by atoms with E-state index in [9.17, 15) is 37.5 Å². The number of amides is 1. The first-order chi connectivity index (χ1) is 18.0. The molecule has 0 spiro atoms. The highest BCUT2D eigenvalue weighted by atomic mass is 19.4. The lowest BCUT2D eigenvalue weighted by Crippen LogP contribution is -2.38. The molecule has 4 rings (SSSR count). The molecule has 0 bridgehead atoms. The lowest BCUT2D eigenvalue weighted by molar-refractivity contribution is -0.137. The number of aromatic carboxylic acids is 1. The molecule has 0 aliphatic carbocycles. The van der Waals surface area contributed by atoms with Gasteiger partial charge in [-0.05, 0) is 36.4 Å². The maximum atomic E-state index is 13.9. The average molecular weight is 531 g/mol. The highest BCUT2D eigenvalue weighted by molar-refractivity contribution is 6.42. The lowest BCUT2D eigenvalue weighted by Gasteiger charge is -2.24. The van der Waals surface area contributed by atoms with E-state index in [0.29, 0.717) is 6.07 Å². The van der Waals surface area contributed by atoms with Gasteiger partial charge in [0.25, 0.3) is 0 Å². The number of nitrogens with zero attached hydrogens (tertiary/aromatic N) is 3. The van der Waals surface area contributed by atoms with E-state index in [4.69, 9.17) is 9.84 Å². The highest BCUT2D eigenvalue weighted by Gasteiger charge is 2.37. The summed E-state index contributed by atoms with van der Waals surface area (Å²) in [5.74, 6) is -2.65. The Kier molecular flexibility index (Phi) is 6.83. The normalized spacial score (nSPS) is 14.5. The summed E-state index contributed by atoms with van der Waals surface area (Å²) < 4.78 is 47.6. The molecule has 196 valence electrons. The van der Waals surface area contributed by atoms with E-state index >= 15 is 0 Å². The van der Waals surface area contributed by atoms with Crippen molar-refractivity contribution < 1.29 is 47.3 Å². The van der Waals surface area contributed by atoms with E-state index in [1.54, 1.807) is 0 Å². The SMILES string of the molecule is O=CC1Nc2cc(C(F)(F)F)c(-n3cnc(COC(=O)Nc4ccc(C(=O)O)cc4)c3)cc2N=C1C(=O)O. The standard InChI is InChI=1S/C23H16F3N5O7/c24-23(25,26)14-5-15-16(30-19(21(35)36)17(8-32)29-15)6-18(14)31-7-13(27-10-31)9-38-22(37)28-12-3-1-11(2-4-12)20(33)34/h1-8,10,17,29H,9H2,(H,28,37)(H,33,34)(H,35,36). The number of carbonyl (C=O) groups is 4. The third-order valence-corrected chi connectivity index (χ3v) is 5.26. The van der Waals surface area contributed by atoms with Gasteiger partial charge in [-0.1, -0.05) is 0 Å². The molecule has 0 saturated heterocycles. The number of aldehydes is 1. The van der Waals surface area contributed by atoms with Crippen molar-refractivity contribution >= 4 is 47.1 Å². The third-order valence-electron chi connectivity index (χ3n) is 5.26. The van der Waals surface area contributed by atoms with Gasteiger partial charge in [0.15, 0.2) is 5.71 Å². The monoisotopic (exact) mass is 531 g/mol. The molecular weight excluding hydrogens is 515 g/mol. The maximum absolute atomic E-state index is 13.9. The van der Waals surface area contributed by atoms with Crippen LogP contribution in [0.4, 0.5) is 35.0 Å². The summed E-state index contributed by atoms with van der Waals surface area (Å²) in [4.78, 5) is 53.3. The average Bonchev–Trinajstić information content (AvgIpc) is 3.34. The minimum Gasteiger partial charge on any atom is -0.478 e. The maximum Gasteiger partial charge on any atom is 0.418 e. The number of nitrogens with one attached hydrogen (secondary N) is 2. The van der Waals surface area contributed by atoms with Crippen LogP contribution in [-0.4, -0.2) is 55.8 Å². The molecule has 0 saturated carbocycles. The van der Waals surface area contributed by atoms with Gasteiger partial charge in [-0.3, -0.25) is 5.32 Å². The fourth-order valence-corrected chi connectivity index (χ4v) is 3.50. The minimum atomic E-state index is -4.84. The van der Waals surface area contributed by atoms with Crippen LogP contribution < -0.4 is 10.6 Å². The summed E-state index contributed by atoms with van der Waals surface area (Å²) in [6.45, 7) is -0.414. The molecule has 3 aromatic rings. The number of benzene rings is 2. The smallest absolute Gasteiger partial charge is 0.418 e. The fourth-order valence-electron chi connectivity index (χ4n) is 3.50. The van der Waals surface area contributed by atoms with Crippen LogP contribution in [0.1, 0.15) is 21.6 Å². The van der Waals surface area contributed by atoms with Crippen molar-refractivity contribution in [2.75, 3.05) is 10.6 Å². The van der Waals surface area contributed by atoms with Crippen molar-refractivity contribution in [1.29, 1.82) is 0 Å². The second kappa shape index (κ2) is 10.0. The number of rotatable bonds is 7. The van der Waals surface area contributed by atoms with Gasteiger partial charge in [-0.2, -0.15) is 13.2 Å². The number of fused-ring (bicyclic) bond motifs is 1. The molecule has 15 heteroatoms. The van der Waals surface area contributed by atoms with Gasteiger partial charge in [0.1, 0.15) is 18.9 Å². The topological polar surface area (TPSA) is 172 Å². The van der Waals surface area contributed by atoms with Crippen LogP contribution in [0.25, 0.3) is 5.69 Å². The fraction of sp³-hybridized carbons (Fsp3) is 0.130. The van der Waals surface area contributed by atoms with Gasteiger partial charge in [0.05, 0.1) is 40.2 Å². The summed E-state index contributed by atoms with van der Waals surface area (Å²) in [6, 6.07) is 5.52. The number of hydrogen-bond donors (Lipinski definition) is 4. The Morgan fingerprint density at radius 2 is 1.84 bits per heavy atom. The van der Waals surface area contributed by atoms with E-state index < -0.39 is 53.8 Å². The Labute approximate surface area is 210 Å². The van der Waals surface area contributed by atoms with Crippen molar-refractivity contribution in [1.82, 2.24) is 9.55 Å². The van der Waals surface area contributed by atoms with Crippen molar-refractivity contribution in [3.8, 4) is 5.69 Å². The zero-order chi connectivity index (χ0) is 27.6. The Hall–Kier alpha value is -5.21. The van der Waals surface area contributed by atoms with Crippen LogP contribution >= 0.6 is 0 Å². The number of carboxylic acid groups (broad SMARTS) is 2. The lowest BCUT2D eigenvalue weighted by atomic mass is 10.0. The molecule has 0 fully saturated rings. The van der Waals surface area contributed by atoms with E-state index in [-0.39, 0.29) is 34.6 Å². The Morgan fingerprint density at radius 3 is 2.45 bits per heavy atom. The van der Waals surface area contributed by atoms with Crippen LogP contribution in [0.2, 0.25) is 0 Å². The van der Waals surface area contributed by atoms with Gasteiger partial charge >= 0.3 is 24.2 Å². The minimum absolute atomic E-state index is 0.0130. The first-order valence-electron chi connectivity index (χ1n) is 10.6. The molecule has 1 unspecified atom stereocenters. The molecule has 1 amide bonds.